The maximum atomic E-state index is 12.3. The molecule has 9 heteroatoms. The van der Waals surface area contributed by atoms with Crippen molar-refractivity contribution < 1.29 is 18.0 Å². The lowest BCUT2D eigenvalue weighted by atomic mass is 10.1. The minimum Gasteiger partial charge on any atom is -0.309 e. The standard InChI is InChI=1S/C13H16ClN3O4S/c1-16(2)4-3-5-17-12(18)8-6-10(14)11(22(15,20)21)7-9(8)13(17)19/h6-7H,3-5H2,1-2H3,(H2,15,20,21). The molecule has 2 N–H and O–H groups in total. The number of primary sulfonamides is 1. The van der Waals surface area contributed by atoms with Crippen LogP contribution in [0.1, 0.15) is 27.1 Å². The minimum absolute atomic E-state index is 0.0169. The number of carbonyl (C=O) groups excluding carboxylic acids is 2. The Morgan fingerprint density at radius 2 is 1.73 bits per heavy atom. The van der Waals surface area contributed by atoms with E-state index in [2.05, 4.69) is 0 Å². The van der Waals surface area contributed by atoms with Crippen LogP contribution in [0.4, 0.5) is 0 Å². The van der Waals surface area contributed by atoms with Crippen LogP contribution in [0.5, 0.6) is 0 Å². The summed E-state index contributed by atoms with van der Waals surface area (Å²) >= 11 is 5.85. The normalized spacial score (nSPS) is 14.9. The van der Waals surface area contributed by atoms with E-state index in [4.69, 9.17) is 16.7 Å². The molecule has 0 saturated carbocycles. The molecule has 1 aromatic carbocycles. The Morgan fingerprint density at radius 1 is 1.18 bits per heavy atom. The second kappa shape index (κ2) is 5.96. The summed E-state index contributed by atoms with van der Waals surface area (Å²) in [4.78, 5) is 27.2. The molecular weight excluding hydrogens is 330 g/mol. The van der Waals surface area contributed by atoms with Gasteiger partial charge in [0.25, 0.3) is 11.8 Å². The lowest BCUT2D eigenvalue weighted by Gasteiger charge is -2.15. The first-order chi connectivity index (χ1) is 10.1. The van der Waals surface area contributed by atoms with Crippen LogP contribution in [0.2, 0.25) is 5.02 Å². The fourth-order valence-corrected chi connectivity index (χ4v) is 3.36. The Kier molecular flexibility index (Phi) is 4.57. The summed E-state index contributed by atoms with van der Waals surface area (Å²) < 4.78 is 22.9. The summed E-state index contributed by atoms with van der Waals surface area (Å²) in [6.07, 6.45) is 0.619. The molecule has 1 heterocycles. The van der Waals surface area contributed by atoms with Gasteiger partial charge in [0.2, 0.25) is 10.0 Å². The van der Waals surface area contributed by atoms with E-state index < -0.39 is 21.8 Å². The van der Waals surface area contributed by atoms with Gasteiger partial charge in [-0.1, -0.05) is 11.6 Å². The average Bonchev–Trinajstić information content (AvgIpc) is 2.61. The van der Waals surface area contributed by atoms with Gasteiger partial charge in [0.05, 0.1) is 16.1 Å². The van der Waals surface area contributed by atoms with Crippen molar-refractivity contribution in [1.29, 1.82) is 0 Å². The number of rotatable bonds is 5. The Bertz CT molecular complexity index is 746. The number of carbonyl (C=O) groups is 2. The molecule has 0 aromatic heterocycles. The van der Waals surface area contributed by atoms with Crippen LogP contribution < -0.4 is 5.14 Å². The molecule has 2 rings (SSSR count). The first-order valence-electron chi connectivity index (χ1n) is 6.50. The third kappa shape index (κ3) is 3.14. The smallest absolute Gasteiger partial charge is 0.261 e. The summed E-state index contributed by atoms with van der Waals surface area (Å²) in [6.45, 7) is 0.976. The zero-order chi connectivity index (χ0) is 16.7. The molecule has 1 aliphatic rings. The van der Waals surface area contributed by atoms with E-state index in [0.717, 1.165) is 17.5 Å². The van der Waals surface area contributed by atoms with E-state index in [0.29, 0.717) is 6.42 Å². The number of sulfonamides is 1. The SMILES string of the molecule is CN(C)CCCN1C(=O)c2cc(Cl)c(S(N)(=O)=O)cc2C1=O. The number of hydrogen-bond donors (Lipinski definition) is 1. The largest absolute Gasteiger partial charge is 0.309 e. The van der Waals surface area contributed by atoms with Crippen molar-refractivity contribution in [3.05, 3.63) is 28.3 Å². The van der Waals surface area contributed by atoms with Crippen LogP contribution in [0.3, 0.4) is 0 Å². The van der Waals surface area contributed by atoms with Gasteiger partial charge in [-0.15, -0.1) is 0 Å². The molecule has 0 unspecified atom stereocenters. The quantitative estimate of drug-likeness (QED) is 0.785. The van der Waals surface area contributed by atoms with Gasteiger partial charge in [-0.2, -0.15) is 0 Å². The highest BCUT2D eigenvalue weighted by Crippen LogP contribution is 2.30. The van der Waals surface area contributed by atoms with Gasteiger partial charge in [-0.3, -0.25) is 14.5 Å². The number of nitrogens with zero attached hydrogens (tertiary/aromatic N) is 2. The Labute approximate surface area is 133 Å². The van der Waals surface area contributed by atoms with E-state index >= 15 is 0 Å². The topological polar surface area (TPSA) is 101 Å². The number of fused-ring (bicyclic) bond motifs is 1. The van der Waals surface area contributed by atoms with Crippen molar-refractivity contribution in [2.75, 3.05) is 27.2 Å². The van der Waals surface area contributed by atoms with Crippen LogP contribution >= 0.6 is 11.6 Å². The zero-order valence-corrected chi connectivity index (χ0v) is 13.7. The number of nitrogens with two attached hydrogens (primary N) is 1. The Hall–Kier alpha value is -1.48. The summed E-state index contributed by atoms with van der Waals surface area (Å²) in [5.74, 6) is -0.998. The summed E-state index contributed by atoms with van der Waals surface area (Å²) in [5.41, 5.74) is 0.121. The third-order valence-electron chi connectivity index (χ3n) is 3.32. The molecule has 2 amide bonds. The monoisotopic (exact) mass is 345 g/mol. The van der Waals surface area contributed by atoms with Gasteiger partial charge in [0, 0.05) is 6.54 Å². The van der Waals surface area contributed by atoms with Crippen molar-refractivity contribution in [2.45, 2.75) is 11.3 Å². The lowest BCUT2D eigenvalue weighted by molar-refractivity contribution is 0.0649. The first-order valence-corrected chi connectivity index (χ1v) is 8.42. The van der Waals surface area contributed by atoms with Crippen LogP contribution in [-0.4, -0.2) is 57.2 Å². The number of hydrogen-bond acceptors (Lipinski definition) is 5. The minimum atomic E-state index is -4.06. The highest BCUT2D eigenvalue weighted by atomic mass is 35.5. The van der Waals surface area contributed by atoms with Crippen molar-refractivity contribution >= 4 is 33.4 Å². The predicted octanol–water partition coefficient (Wildman–Crippen LogP) is 0.535. The molecule has 0 saturated heterocycles. The van der Waals surface area contributed by atoms with Gasteiger partial charge in [-0.05, 0) is 39.2 Å². The molecule has 120 valence electrons. The lowest BCUT2D eigenvalue weighted by Crippen LogP contribution is -2.32. The second-order valence-corrected chi connectivity index (χ2v) is 7.23. The summed E-state index contributed by atoms with van der Waals surface area (Å²) in [7, 11) is -0.283. The fraction of sp³-hybridized carbons (Fsp3) is 0.385. The molecule has 0 radical (unpaired) electrons. The molecule has 0 aliphatic carbocycles. The van der Waals surface area contributed by atoms with Crippen molar-refractivity contribution in [3.8, 4) is 0 Å². The van der Waals surface area contributed by atoms with Crippen LogP contribution in [0.25, 0.3) is 0 Å². The maximum Gasteiger partial charge on any atom is 0.261 e. The number of imide groups is 1. The predicted molar refractivity (Wildman–Crippen MR) is 81.4 cm³/mol. The highest BCUT2D eigenvalue weighted by molar-refractivity contribution is 7.89. The molecule has 1 aliphatic heterocycles. The Morgan fingerprint density at radius 3 is 2.23 bits per heavy atom. The maximum absolute atomic E-state index is 12.3. The Balaban J connectivity index is 2.34. The van der Waals surface area contributed by atoms with Gasteiger partial charge < -0.3 is 4.90 Å². The van der Waals surface area contributed by atoms with Gasteiger partial charge in [0.1, 0.15) is 4.90 Å². The summed E-state index contributed by atoms with van der Waals surface area (Å²) in [5, 5.41) is 4.88. The van der Waals surface area contributed by atoms with E-state index in [9.17, 15) is 18.0 Å². The molecule has 0 fully saturated rings. The van der Waals surface area contributed by atoms with Crippen molar-refractivity contribution in [2.24, 2.45) is 5.14 Å². The third-order valence-corrected chi connectivity index (χ3v) is 4.69. The number of amides is 2. The van der Waals surface area contributed by atoms with Gasteiger partial charge >= 0.3 is 0 Å². The summed E-state index contributed by atoms with van der Waals surface area (Å²) in [6, 6.07) is 2.25. The van der Waals surface area contributed by atoms with Crippen LogP contribution in [-0.2, 0) is 10.0 Å². The molecule has 1 aromatic rings. The fourth-order valence-electron chi connectivity index (χ4n) is 2.26. The first kappa shape index (κ1) is 16.9. The molecule has 22 heavy (non-hydrogen) atoms. The van der Waals surface area contributed by atoms with Gasteiger partial charge in [-0.25, -0.2) is 13.6 Å². The zero-order valence-electron chi connectivity index (χ0n) is 12.2. The van der Waals surface area contributed by atoms with E-state index in [-0.39, 0.29) is 27.6 Å². The van der Waals surface area contributed by atoms with E-state index in [1.165, 1.54) is 6.07 Å². The van der Waals surface area contributed by atoms with E-state index in [1.807, 2.05) is 19.0 Å². The van der Waals surface area contributed by atoms with E-state index in [1.54, 1.807) is 0 Å². The molecule has 0 atom stereocenters. The molecule has 0 spiro atoms. The van der Waals surface area contributed by atoms with Crippen LogP contribution in [0, 0.1) is 0 Å². The second-order valence-electron chi connectivity index (χ2n) is 5.29. The van der Waals surface area contributed by atoms with Gasteiger partial charge in [0.15, 0.2) is 0 Å². The average molecular weight is 346 g/mol. The highest BCUT2D eigenvalue weighted by Gasteiger charge is 2.37. The van der Waals surface area contributed by atoms with Crippen molar-refractivity contribution in [1.82, 2.24) is 9.80 Å². The molecular formula is C13H16ClN3O4S. The van der Waals surface area contributed by atoms with Crippen LogP contribution in [0.15, 0.2) is 17.0 Å². The molecule has 0 bridgehead atoms. The van der Waals surface area contributed by atoms with Crippen molar-refractivity contribution in [3.63, 3.8) is 0 Å². The number of halogens is 1. The number of benzene rings is 1. The molecule has 7 nitrogen and oxygen atoms in total.